The molecule has 2 aromatic rings. The zero-order valence-corrected chi connectivity index (χ0v) is 14.6. The minimum absolute atomic E-state index is 0.342. The maximum Gasteiger partial charge on any atom is 0.132 e. The smallest absolute Gasteiger partial charge is 0.132 e. The third-order valence-corrected chi connectivity index (χ3v) is 5.29. The first-order valence-electron chi connectivity index (χ1n) is 8.94. The van der Waals surface area contributed by atoms with Gasteiger partial charge in [0.15, 0.2) is 0 Å². The third-order valence-electron chi connectivity index (χ3n) is 5.29. The van der Waals surface area contributed by atoms with Gasteiger partial charge in [-0.25, -0.2) is 9.97 Å². The lowest BCUT2D eigenvalue weighted by molar-refractivity contribution is 0.345. The quantitative estimate of drug-likeness (QED) is 0.919. The molecule has 6 nitrogen and oxygen atoms in total. The Labute approximate surface area is 148 Å². The molecule has 132 valence electrons. The van der Waals surface area contributed by atoms with Crippen molar-refractivity contribution in [3.05, 3.63) is 42.4 Å². The third kappa shape index (κ3) is 3.39. The van der Waals surface area contributed by atoms with E-state index in [0.29, 0.717) is 12.0 Å². The fraction of sp³-hybridized carbons (Fsp3) is 0.474. The standard InChI is InChI=1S/C19H25N5O/c1-25-17-4-2-3-16(11-17)23-5-7-24(8-6-23)19-12-18(21-13-22-19)14-9-15(20)10-14/h2-4,11-15H,5-10,20H2,1H3. The Hall–Kier alpha value is -2.34. The summed E-state index contributed by atoms with van der Waals surface area (Å²) in [6.07, 6.45) is 3.78. The first-order valence-corrected chi connectivity index (χ1v) is 8.94. The van der Waals surface area contributed by atoms with Crippen molar-refractivity contribution in [2.45, 2.75) is 24.8 Å². The molecular weight excluding hydrogens is 314 g/mol. The number of hydrogen-bond donors (Lipinski definition) is 1. The maximum atomic E-state index is 5.91. The number of hydrogen-bond acceptors (Lipinski definition) is 6. The maximum absolute atomic E-state index is 5.91. The molecule has 1 aromatic carbocycles. The summed E-state index contributed by atoms with van der Waals surface area (Å²) < 4.78 is 5.33. The topological polar surface area (TPSA) is 67.5 Å². The van der Waals surface area contributed by atoms with E-state index in [1.54, 1.807) is 13.4 Å². The van der Waals surface area contributed by atoms with E-state index in [2.05, 4.69) is 38.0 Å². The van der Waals surface area contributed by atoms with Crippen LogP contribution in [0.4, 0.5) is 11.5 Å². The molecule has 4 rings (SSSR count). The van der Waals surface area contributed by atoms with Crippen LogP contribution in [0.2, 0.25) is 0 Å². The number of rotatable bonds is 4. The molecule has 2 fully saturated rings. The molecule has 0 radical (unpaired) electrons. The molecule has 0 spiro atoms. The van der Waals surface area contributed by atoms with E-state index in [-0.39, 0.29) is 0 Å². The van der Waals surface area contributed by atoms with Gasteiger partial charge in [0.05, 0.1) is 7.11 Å². The van der Waals surface area contributed by atoms with Crippen LogP contribution in [0.1, 0.15) is 24.5 Å². The predicted octanol–water partition coefficient (Wildman–Crippen LogP) is 2.02. The molecule has 1 saturated carbocycles. The molecule has 25 heavy (non-hydrogen) atoms. The summed E-state index contributed by atoms with van der Waals surface area (Å²) in [6, 6.07) is 10.8. The van der Waals surface area contributed by atoms with Gasteiger partial charge in [0, 0.05) is 61.7 Å². The van der Waals surface area contributed by atoms with E-state index in [4.69, 9.17) is 10.5 Å². The highest BCUT2D eigenvalue weighted by atomic mass is 16.5. The van der Waals surface area contributed by atoms with Crippen molar-refractivity contribution in [2.24, 2.45) is 5.73 Å². The Bertz CT molecular complexity index is 723. The summed E-state index contributed by atoms with van der Waals surface area (Å²) in [5.74, 6) is 2.45. The molecule has 2 aliphatic rings. The molecule has 2 N–H and O–H groups in total. The number of methoxy groups -OCH3 is 1. The summed E-state index contributed by atoms with van der Waals surface area (Å²) in [5.41, 5.74) is 8.26. The van der Waals surface area contributed by atoms with E-state index in [1.165, 1.54) is 5.69 Å². The van der Waals surface area contributed by atoms with Gasteiger partial charge in [-0.1, -0.05) is 6.07 Å². The Morgan fingerprint density at radius 3 is 2.52 bits per heavy atom. The van der Waals surface area contributed by atoms with Gasteiger partial charge in [-0.05, 0) is 25.0 Å². The lowest BCUT2D eigenvalue weighted by atomic mass is 9.78. The molecule has 0 bridgehead atoms. The van der Waals surface area contributed by atoms with Crippen LogP contribution in [0.15, 0.2) is 36.7 Å². The van der Waals surface area contributed by atoms with Gasteiger partial charge < -0.3 is 20.3 Å². The number of nitrogens with two attached hydrogens (primary N) is 1. The number of ether oxygens (including phenoxy) is 1. The Morgan fingerprint density at radius 1 is 1.04 bits per heavy atom. The van der Waals surface area contributed by atoms with Gasteiger partial charge in [-0.2, -0.15) is 0 Å². The second-order valence-electron chi connectivity index (χ2n) is 6.91. The highest BCUT2D eigenvalue weighted by Crippen LogP contribution is 2.35. The highest BCUT2D eigenvalue weighted by Gasteiger charge is 2.29. The summed E-state index contributed by atoms with van der Waals surface area (Å²) in [5, 5.41) is 0. The van der Waals surface area contributed by atoms with Gasteiger partial charge in [-0.3, -0.25) is 0 Å². The van der Waals surface area contributed by atoms with E-state index in [9.17, 15) is 0 Å². The monoisotopic (exact) mass is 339 g/mol. The van der Waals surface area contributed by atoms with Crippen molar-refractivity contribution in [3.63, 3.8) is 0 Å². The number of piperazine rings is 1. The molecule has 1 saturated heterocycles. The van der Waals surface area contributed by atoms with Crippen molar-refractivity contribution < 1.29 is 4.74 Å². The summed E-state index contributed by atoms with van der Waals surface area (Å²) >= 11 is 0. The first-order chi connectivity index (χ1) is 12.2. The fourth-order valence-corrected chi connectivity index (χ4v) is 3.66. The molecule has 0 atom stereocenters. The zero-order chi connectivity index (χ0) is 17.2. The Balaban J connectivity index is 1.41. The van der Waals surface area contributed by atoms with Crippen LogP contribution in [0.3, 0.4) is 0 Å². The van der Waals surface area contributed by atoms with Gasteiger partial charge >= 0.3 is 0 Å². The average molecular weight is 339 g/mol. The first kappa shape index (κ1) is 16.1. The van der Waals surface area contributed by atoms with Crippen LogP contribution in [0.5, 0.6) is 5.75 Å². The minimum Gasteiger partial charge on any atom is -0.497 e. The van der Waals surface area contributed by atoms with Crippen LogP contribution in [0, 0.1) is 0 Å². The van der Waals surface area contributed by atoms with E-state index >= 15 is 0 Å². The number of anilines is 2. The van der Waals surface area contributed by atoms with Crippen molar-refractivity contribution >= 4 is 11.5 Å². The van der Waals surface area contributed by atoms with Gasteiger partial charge in [0.2, 0.25) is 0 Å². The summed E-state index contributed by atoms with van der Waals surface area (Å²) in [4.78, 5) is 13.7. The van der Waals surface area contributed by atoms with E-state index in [1.807, 2.05) is 12.1 Å². The Morgan fingerprint density at radius 2 is 1.80 bits per heavy atom. The molecular formula is C19H25N5O. The normalized spacial score (nSPS) is 23.3. The van der Waals surface area contributed by atoms with Crippen molar-refractivity contribution in [1.82, 2.24) is 9.97 Å². The Kier molecular flexibility index (Phi) is 4.44. The van der Waals surface area contributed by atoms with E-state index < -0.39 is 0 Å². The SMILES string of the molecule is COc1cccc(N2CCN(c3cc(C4CC(N)C4)ncn3)CC2)c1. The molecule has 1 aliphatic heterocycles. The zero-order valence-electron chi connectivity index (χ0n) is 14.6. The largest absolute Gasteiger partial charge is 0.497 e. The van der Waals surface area contributed by atoms with Crippen molar-refractivity contribution in [1.29, 1.82) is 0 Å². The van der Waals surface area contributed by atoms with Gasteiger partial charge in [0.25, 0.3) is 0 Å². The lowest BCUT2D eigenvalue weighted by Gasteiger charge is -2.37. The van der Waals surface area contributed by atoms with Crippen molar-refractivity contribution in [2.75, 3.05) is 43.1 Å². The molecule has 1 aliphatic carbocycles. The van der Waals surface area contributed by atoms with Crippen LogP contribution in [0.25, 0.3) is 0 Å². The van der Waals surface area contributed by atoms with E-state index in [0.717, 1.165) is 56.3 Å². The number of aromatic nitrogens is 2. The molecule has 1 aromatic heterocycles. The minimum atomic E-state index is 0.342. The highest BCUT2D eigenvalue weighted by molar-refractivity contribution is 5.52. The van der Waals surface area contributed by atoms with Crippen LogP contribution in [-0.2, 0) is 0 Å². The summed E-state index contributed by atoms with van der Waals surface area (Å²) in [7, 11) is 1.71. The van der Waals surface area contributed by atoms with Crippen LogP contribution in [-0.4, -0.2) is 49.3 Å². The van der Waals surface area contributed by atoms with Gasteiger partial charge in [-0.15, -0.1) is 0 Å². The predicted molar refractivity (Wildman–Crippen MR) is 99.4 cm³/mol. The summed E-state index contributed by atoms with van der Waals surface area (Å²) in [6.45, 7) is 3.86. The molecule has 6 heteroatoms. The van der Waals surface area contributed by atoms with Gasteiger partial charge in [0.1, 0.15) is 17.9 Å². The van der Waals surface area contributed by atoms with Crippen LogP contribution < -0.4 is 20.3 Å². The molecule has 2 heterocycles. The second kappa shape index (κ2) is 6.88. The van der Waals surface area contributed by atoms with Crippen LogP contribution >= 0.6 is 0 Å². The molecule has 0 unspecified atom stereocenters. The average Bonchev–Trinajstić information content (AvgIpc) is 2.66. The number of nitrogens with zero attached hydrogens (tertiary/aromatic N) is 4. The number of benzene rings is 1. The lowest BCUT2D eigenvalue weighted by Crippen LogP contribution is -2.47. The van der Waals surface area contributed by atoms with Crippen molar-refractivity contribution in [3.8, 4) is 5.75 Å². The second-order valence-corrected chi connectivity index (χ2v) is 6.91. The molecule has 0 amide bonds. The fourth-order valence-electron chi connectivity index (χ4n) is 3.66.